The van der Waals surface area contributed by atoms with Crippen molar-refractivity contribution in [2.45, 2.75) is 50.6 Å². The summed E-state index contributed by atoms with van der Waals surface area (Å²) in [4.78, 5) is 0. The molecule has 1 heterocycles. The first kappa shape index (κ1) is 14.9. The minimum Gasteiger partial charge on any atom is -0.375 e. The smallest absolute Gasteiger partial charge is 0.375 e. The van der Waals surface area contributed by atoms with Gasteiger partial charge in [0.25, 0.3) is 0 Å². The molecule has 0 aromatic heterocycles. The molecule has 0 spiro atoms. The molecule has 0 amide bonds. The van der Waals surface area contributed by atoms with Gasteiger partial charge in [0, 0.05) is 6.04 Å². The molecular weight excluding hydrogens is 279 g/mol. The molecule has 21 heavy (non-hydrogen) atoms. The highest BCUT2D eigenvalue weighted by atomic mass is 19.4. The Labute approximate surface area is 122 Å². The number of hydrogen-bond acceptors (Lipinski definition) is 2. The molecule has 5 heteroatoms. The van der Waals surface area contributed by atoms with Crippen molar-refractivity contribution in [1.82, 2.24) is 5.32 Å². The highest BCUT2D eigenvalue weighted by Gasteiger charge is 2.41. The Morgan fingerprint density at radius 1 is 1.05 bits per heavy atom. The second-order valence-corrected chi connectivity index (χ2v) is 6.02. The first-order valence-corrected chi connectivity index (χ1v) is 7.52. The third-order valence-electron chi connectivity index (χ3n) is 4.60. The zero-order chi connectivity index (χ0) is 14.9. The third-order valence-corrected chi connectivity index (χ3v) is 4.60. The van der Waals surface area contributed by atoms with Gasteiger partial charge in [-0.3, -0.25) is 0 Å². The second-order valence-electron chi connectivity index (χ2n) is 6.02. The lowest BCUT2D eigenvalue weighted by Crippen LogP contribution is -2.41. The van der Waals surface area contributed by atoms with E-state index < -0.39 is 12.1 Å². The number of alkyl halides is 3. The summed E-state index contributed by atoms with van der Waals surface area (Å²) in [5.74, 6) is -1.12. The van der Waals surface area contributed by atoms with Gasteiger partial charge in [-0.15, -0.1) is 0 Å². The van der Waals surface area contributed by atoms with Crippen molar-refractivity contribution in [2.24, 2.45) is 5.92 Å². The molecule has 0 radical (unpaired) electrons. The minimum atomic E-state index is -4.04. The van der Waals surface area contributed by atoms with Crippen LogP contribution in [-0.4, -0.2) is 18.8 Å². The van der Waals surface area contributed by atoms with E-state index >= 15 is 0 Å². The van der Waals surface area contributed by atoms with E-state index in [2.05, 4.69) is 11.4 Å². The first-order chi connectivity index (χ1) is 10.0. The topological polar surface area (TPSA) is 21.3 Å². The zero-order valence-electron chi connectivity index (χ0n) is 11.8. The van der Waals surface area contributed by atoms with E-state index in [0.29, 0.717) is 26.1 Å². The number of nitrogens with one attached hydrogen (secondary N) is 1. The lowest BCUT2D eigenvalue weighted by Gasteiger charge is -2.35. The molecule has 1 saturated carbocycles. The van der Waals surface area contributed by atoms with E-state index in [4.69, 9.17) is 4.74 Å². The molecule has 116 valence electrons. The highest BCUT2D eigenvalue weighted by Crippen LogP contribution is 2.38. The van der Waals surface area contributed by atoms with E-state index in [1.165, 1.54) is 11.1 Å². The van der Waals surface area contributed by atoms with Gasteiger partial charge >= 0.3 is 6.18 Å². The van der Waals surface area contributed by atoms with Crippen LogP contribution in [0.1, 0.15) is 42.9 Å². The molecule has 2 aliphatic rings. The maximum absolute atomic E-state index is 12.7. The van der Waals surface area contributed by atoms with Crippen molar-refractivity contribution in [2.75, 3.05) is 6.61 Å². The lowest BCUT2D eigenvalue weighted by atomic mass is 9.85. The average Bonchev–Trinajstić information content (AvgIpc) is 2.47. The summed E-state index contributed by atoms with van der Waals surface area (Å²) in [5, 5.41) is 3.49. The van der Waals surface area contributed by atoms with Crippen molar-refractivity contribution in [3.63, 3.8) is 0 Å². The second kappa shape index (κ2) is 5.97. The number of rotatable bonds is 2. The quantitative estimate of drug-likeness (QED) is 0.892. The van der Waals surface area contributed by atoms with Gasteiger partial charge in [0.15, 0.2) is 0 Å². The molecule has 2 nitrogen and oxygen atoms in total. The Bertz CT molecular complexity index is 481. The lowest BCUT2D eigenvalue weighted by molar-refractivity contribution is -0.182. The predicted molar refractivity (Wildman–Crippen MR) is 73.8 cm³/mol. The van der Waals surface area contributed by atoms with Gasteiger partial charge in [0.1, 0.15) is 0 Å². The van der Waals surface area contributed by atoms with Gasteiger partial charge in [-0.05, 0) is 36.8 Å². The van der Waals surface area contributed by atoms with Crippen molar-refractivity contribution in [3.05, 3.63) is 35.4 Å². The van der Waals surface area contributed by atoms with Crippen LogP contribution < -0.4 is 5.32 Å². The Morgan fingerprint density at radius 3 is 2.48 bits per heavy atom. The molecule has 1 unspecified atom stereocenters. The fraction of sp³-hybridized carbons (Fsp3) is 0.625. The summed E-state index contributed by atoms with van der Waals surface area (Å²) in [6.07, 6.45) is -2.40. The van der Waals surface area contributed by atoms with Crippen molar-refractivity contribution >= 4 is 0 Å². The molecule has 1 aliphatic carbocycles. The van der Waals surface area contributed by atoms with E-state index in [0.717, 1.165) is 0 Å². The highest BCUT2D eigenvalue weighted by molar-refractivity contribution is 5.31. The Hall–Kier alpha value is -1.07. The molecule has 0 bridgehead atoms. The van der Waals surface area contributed by atoms with Crippen LogP contribution in [0.25, 0.3) is 0 Å². The van der Waals surface area contributed by atoms with Crippen LogP contribution in [-0.2, 0) is 11.3 Å². The Morgan fingerprint density at radius 2 is 1.76 bits per heavy atom. The van der Waals surface area contributed by atoms with Crippen molar-refractivity contribution in [1.29, 1.82) is 0 Å². The first-order valence-electron chi connectivity index (χ1n) is 7.52. The molecule has 1 fully saturated rings. The summed E-state index contributed by atoms with van der Waals surface area (Å²) >= 11 is 0. The van der Waals surface area contributed by atoms with Crippen LogP contribution in [0, 0.1) is 5.92 Å². The molecule has 0 saturated heterocycles. The molecule has 1 N–H and O–H groups in total. The van der Waals surface area contributed by atoms with Gasteiger partial charge in [-0.1, -0.05) is 24.3 Å². The molecule has 3 rings (SSSR count). The summed E-state index contributed by atoms with van der Waals surface area (Å²) in [7, 11) is 0. The molecule has 1 atom stereocenters. The molecule has 1 aromatic carbocycles. The maximum atomic E-state index is 12.7. The van der Waals surface area contributed by atoms with E-state index in [-0.39, 0.29) is 24.9 Å². The largest absolute Gasteiger partial charge is 0.391 e. The van der Waals surface area contributed by atoms with Gasteiger partial charge in [-0.25, -0.2) is 0 Å². The predicted octanol–water partition coefficient (Wildman–Crippen LogP) is 3.97. The third kappa shape index (κ3) is 3.40. The SMILES string of the molecule is FC(F)(F)C1CCC(NC2COCc3ccccc32)CC1. The Balaban J connectivity index is 1.59. The molecular formula is C16H20F3NO. The number of ether oxygens (including phenoxy) is 1. The number of hydrogen-bond donors (Lipinski definition) is 1. The van der Waals surface area contributed by atoms with Crippen LogP contribution in [0.2, 0.25) is 0 Å². The van der Waals surface area contributed by atoms with Crippen LogP contribution in [0.3, 0.4) is 0 Å². The number of fused-ring (bicyclic) bond motifs is 1. The van der Waals surface area contributed by atoms with Gasteiger partial charge < -0.3 is 10.1 Å². The Kier molecular flexibility index (Phi) is 4.22. The number of halogens is 3. The van der Waals surface area contributed by atoms with Crippen LogP contribution in [0.4, 0.5) is 13.2 Å². The van der Waals surface area contributed by atoms with Crippen molar-refractivity contribution < 1.29 is 17.9 Å². The summed E-state index contributed by atoms with van der Waals surface area (Å²) in [6.45, 7) is 1.21. The normalized spacial score (nSPS) is 30.0. The number of benzene rings is 1. The monoisotopic (exact) mass is 299 g/mol. The standard InChI is InChI=1S/C16H20F3NO/c17-16(18,19)12-5-7-13(8-6-12)20-15-10-21-9-11-3-1-2-4-14(11)15/h1-4,12-13,15,20H,5-10H2. The summed E-state index contributed by atoms with van der Waals surface area (Å²) in [6, 6.07) is 8.37. The molecule has 1 aromatic rings. The summed E-state index contributed by atoms with van der Waals surface area (Å²) < 4.78 is 43.6. The van der Waals surface area contributed by atoms with Gasteiger partial charge in [-0.2, -0.15) is 13.2 Å². The van der Waals surface area contributed by atoms with Crippen LogP contribution in [0.15, 0.2) is 24.3 Å². The average molecular weight is 299 g/mol. The van der Waals surface area contributed by atoms with Gasteiger partial charge in [0.2, 0.25) is 0 Å². The van der Waals surface area contributed by atoms with Crippen molar-refractivity contribution in [3.8, 4) is 0 Å². The van der Waals surface area contributed by atoms with E-state index in [9.17, 15) is 13.2 Å². The molecule has 1 aliphatic heterocycles. The minimum absolute atomic E-state index is 0.0994. The van der Waals surface area contributed by atoms with Gasteiger partial charge in [0.05, 0.1) is 25.2 Å². The van der Waals surface area contributed by atoms with E-state index in [1.807, 2.05) is 18.2 Å². The van der Waals surface area contributed by atoms with Crippen LogP contribution >= 0.6 is 0 Å². The summed E-state index contributed by atoms with van der Waals surface area (Å²) in [5.41, 5.74) is 2.40. The van der Waals surface area contributed by atoms with Crippen LogP contribution in [0.5, 0.6) is 0 Å². The zero-order valence-corrected chi connectivity index (χ0v) is 11.8. The maximum Gasteiger partial charge on any atom is 0.391 e. The fourth-order valence-corrected chi connectivity index (χ4v) is 3.39. The van der Waals surface area contributed by atoms with E-state index in [1.54, 1.807) is 0 Å². The fourth-order valence-electron chi connectivity index (χ4n) is 3.39.